The van der Waals surface area contributed by atoms with Crippen LogP contribution in [0.5, 0.6) is 5.75 Å². The minimum absolute atomic E-state index is 0.0396. The van der Waals surface area contributed by atoms with E-state index in [-0.39, 0.29) is 28.9 Å². The van der Waals surface area contributed by atoms with Crippen molar-refractivity contribution in [3.05, 3.63) is 29.6 Å². The van der Waals surface area contributed by atoms with E-state index in [9.17, 15) is 22.4 Å². The second-order valence-electron chi connectivity index (χ2n) is 7.22. The summed E-state index contributed by atoms with van der Waals surface area (Å²) < 4.78 is 47.6. The van der Waals surface area contributed by atoms with Crippen LogP contribution in [-0.4, -0.2) is 62.5 Å². The van der Waals surface area contributed by atoms with Gasteiger partial charge in [-0.15, -0.1) is 0 Å². The summed E-state index contributed by atoms with van der Waals surface area (Å²) in [6.07, 6.45) is 3.97. The van der Waals surface area contributed by atoms with Crippen molar-refractivity contribution < 1.29 is 31.9 Å². The molecule has 3 rings (SSSR count). The molecular formula is C19H24FNO6S. The fraction of sp³-hybridized carbons (Fsp3) is 0.579. The highest BCUT2D eigenvalue weighted by Crippen LogP contribution is 2.29. The number of sulfone groups is 1. The lowest BCUT2D eigenvalue weighted by Gasteiger charge is -2.33. The summed E-state index contributed by atoms with van der Waals surface area (Å²) in [5.74, 6) is -1.91. The van der Waals surface area contributed by atoms with Crippen LogP contribution in [0, 0.1) is 5.82 Å². The Morgan fingerprint density at radius 1 is 1.18 bits per heavy atom. The van der Waals surface area contributed by atoms with Gasteiger partial charge in [-0.25, -0.2) is 17.6 Å². The third-order valence-corrected chi connectivity index (χ3v) is 7.08. The van der Waals surface area contributed by atoms with Gasteiger partial charge in [0, 0.05) is 18.2 Å². The maximum atomic E-state index is 14.0. The predicted molar refractivity (Wildman–Crippen MR) is 99.4 cm³/mol. The van der Waals surface area contributed by atoms with Gasteiger partial charge >= 0.3 is 5.97 Å². The molecule has 1 saturated heterocycles. The van der Waals surface area contributed by atoms with E-state index in [1.54, 1.807) is 4.90 Å². The van der Waals surface area contributed by atoms with Crippen molar-refractivity contribution >= 4 is 21.7 Å². The van der Waals surface area contributed by atoms with Crippen LogP contribution in [0.3, 0.4) is 0 Å². The smallest absolute Gasteiger partial charge is 0.341 e. The van der Waals surface area contributed by atoms with E-state index >= 15 is 0 Å². The number of nitrogens with zero attached hydrogens (tertiary/aromatic N) is 1. The highest BCUT2D eigenvalue weighted by molar-refractivity contribution is 7.91. The van der Waals surface area contributed by atoms with Crippen LogP contribution in [0.1, 0.15) is 42.5 Å². The molecule has 1 atom stereocenters. The average molecular weight is 413 g/mol. The van der Waals surface area contributed by atoms with Gasteiger partial charge in [-0.05, 0) is 31.4 Å². The third kappa shape index (κ3) is 4.63. The molecule has 1 saturated carbocycles. The molecular weight excluding hydrogens is 389 g/mol. The Kier molecular flexibility index (Phi) is 6.22. The Labute approximate surface area is 163 Å². The summed E-state index contributed by atoms with van der Waals surface area (Å²) in [7, 11) is -1.77. The number of carbonyl (C=O) groups is 2. The second kappa shape index (κ2) is 8.46. The third-order valence-electron chi connectivity index (χ3n) is 5.33. The molecule has 1 aliphatic carbocycles. The second-order valence-corrected chi connectivity index (χ2v) is 9.45. The van der Waals surface area contributed by atoms with Crippen LogP contribution in [0.4, 0.5) is 4.39 Å². The van der Waals surface area contributed by atoms with Crippen molar-refractivity contribution in [2.45, 2.75) is 44.2 Å². The highest BCUT2D eigenvalue weighted by atomic mass is 32.2. The number of rotatable bonds is 6. The maximum Gasteiger partial charge on any atom is 0.341 e. The van der Waals surface area contributed by atoms with Gasteiger partial charge in [0.15, 0.2) is 16.4 Å². The summed E-state index contributed by atoms with van der Waals surface area (Å²) in [6.45, 7) is -0.544. The van der Waals surface area contributed by atoms with Crippen molar-refractivity contribution in [2.24, 2.45) is 0 Å². The van der Waals surface area contributed by atoms with Gasteiger partial charge in [0.25, 0.3) is 5.91 Å². The Balaban J connectivity index is 1.67. The topological polar surface area (TPSA) is 90.0 Å². The van der Waals surface area contributed by atoms with Gasteiger partial charge in [0.2, 0.25) is 0 Å². The first-order chi connectivity index (χ1) is 13.3. The highest BCUT2D eigenvalue weighted by Gasteiger charge is 2.39. The Morgan fingerprint density at radius 3 is 2.46 bits per heavy atom. The molecule has 0 aromatic heterocycles. The number of ether oxygens (including phenoxy) is 2. The molecule has 0 N–H and O–H groups in total. The van der Waals surface area contributed by atoms with Crippen molar-refractivity contribution in [2.75, 3.05) is 25.2 Å². The van der Waals surface area contributed by atoms with Crippen LogP contribution < -0.4 is 4.74 Å². The van der Waals surface area contributed by atoms with Gasteiger partial charge in [0.05, 0.1) is 24.2 Å². The molecule has 1 amide bonds. The van der Waals surface area contributed by atoms with Crippen LogP contribution >= 0.6 is 0 Å². The van der Waals surface area contributed by atoms with Crippen LogP contribution in [-0.2, 0) is 19.4 Å². The Morgan fingerprint density at radius 2 is 1.89 bits per heavy atom. The number of hydrogen-bond acceptors (Lipinski definition) is 6. The van der Waals surface area contributed by atoms with Gasteiger partial charge in [0.1, 0.15) is 11.6 Å². The number of amides is 1. The summed E-state index contributed by atoms with van der Waals surface area (Å²) in [5, 5.41) is 0. The van der Waals surface area contributed by atoms with Gasteiger partial charge in [-0.1, -0.05) is 12.8 Å². The van der Waals surface area contributed by atoms with E-state index < -0.39 is 40.2 Å². The van der Waals surface area contributed by atoms with E-state index in [0.29, 0.717) is 6.42 Å². The first-order valence-electron chi connectivity index (χ1n) is 9.33. The molecule has 0 unspecified atom stereocenters. The zero-order valence-electron chi connectivity index (χ0n) is 15.7. The lowest BCUT2D eigenvalue weighted by Crippen LogP contribution is -2.48. The van der Waals surface area contributed by atoms with Crippen LogP contribution in [0.2, 0.25) is 0 Å². The molecule has 1 heterocycles. The molecule has 0 spiro atoms. The predicted octanol–water partition coefficient (Wildman–Crippen LogP) is 1.95. The number of esters is 1. The molecule has 0 bridgehead atoms. The first-order valence-corrected chi connectivity index (χ1v) is 11.1. The van der Waals surface area contributed by atoms with Gasteiger partial charge < -0.3 is 14.4 Å². The molecule has 1 aromatic carbocycles. The fourth-order valence-corrected chi connectivity index (χ4v) is 5.66. The zero-order chi connectivity index (χ0) is 20.3. The van der Waals surface area contributed by atoms with E-state index in [4.69, 9.17) is 9.47 Å². The summed E-state index contributed by atoms with van der Waals surface area (Å²) in [5.41, 5.74) is -0.288. The summed E-state index contributed by atoms with van der Waals surface area (Å²) in [4.78, 5) is 26.6. The van der Waals surface area contributed by atoms with Crippen LogP contribution in [0.25, 0.3) is 0 Å². The van der Waals surface area contributed by atoms with E-state index in [2.05, 4.69) is 0 Å². The van der Waals surface area contributed by atoms with E-state index in [1.807, 2.05) is 0 Å². The van der Waals surface area contributed by atoms with Crippen molar-refractivity contribution in [1.29, 1.82) is 0 Å². The molecule has 1 aromatic rings. The van der Waals surface area contributed by atoms with Crippen molar-refractivity contribution in [3.8, 4) is 5.75 Å². The van der Waals surface area contributed by atoms with Crippen molar-refractivity contribution in [1.82, 2.24) is 4.90 Å². The first kappa shape index (κ1) is 20.6. The molecule has 154 valence electrons. The summed E-state index contributed by atoms with van der Waals surface area (Å²) >= 11 is 0. The normalized spacial score (nSPS) is 21.4. The van der Waals surface area contributed by atoms with E-state index in [0.717, 1.165) is 31.7 Å². The number of benzene rings is 1. The number of methoxy groups -OCH3 is 1. The lowest BCUT2D eigenvalue weighted by atomic mass is 10.1. The van der Waals surface area contributed by atoms with Crippen LogP contribution in [0.15, 0.2) is 18.2 Å². The number of halogens is 1. The number of carbonyl (C=O) groups excluding carboxylic acids is 2. The maximum absolute atomic E-state index is 14.0. The molecule has 28 heavy (non-hydrogen) atoms. The van der Waals surface area contributed by atoms with Gasteiger partial charge in [-0.2, -0.15) is 0 Å². The zero-order valence-corrected chi connectivity index (χ0v) is 16.5. The standard InChI is InChI=1S/C19H24FNO6S/c1-26-15-6-7-16(17(20)10-15)19(23)27-11-18(22)21(13-4-2-3-5-13)14-8-9-28(24,25)12-14/h6-7,10,13-14H,2-5,8-9,11-12H2,1H3/t14-/m1/s1. The molecule has 1 aliphatic heterocycles. The van der Waals surface area contributed by atoms with E-state index in [1.165, 1.54) is 19.2 Å². The van der Waals surface area contributed by atoms with Crippen molar-refractivity contribution in [3.63, 3.8) is 0 Å². The number of hydrogen-bond donors (Lipinski definition) is 0. The largest absolute Gasteiger partial charge is 0.497 e. The molecule has 2 fully saturated rings. The fourth-order valence-electron chi connectivity index (χ4n) is 3.95. The Bertz CT molecular complexity index is 850. The SMILES string of the molecule is COc1ccc(C(=O)OCC(=O)N(C2CCCC2)[C@@H]2CCS(=O)(=O)C2)c(F)c1. The molecule has 2 aliphatic rings. The minimum atomic E-state index is -3.15. The average Bonchev–Trinajstić information content (AvgIpc) is 3.29. The van der Waals surface area contributed by atoms with Gasteiger partial charge in [-0.3, -0.25) is 4.79 Å². The Hall–Kier alpha value is -2.16. The minimum Gasteiger partial charge on any atom is -0.497 e. The quantitative estimate of drug-likeness (QED) is 0.662. The monoisotopic (exact) mass is 413 g/mol. The lowest BCUT2D eigenvalue weighted by molar-refractivity contribution is -0.139. The summed E-state index contributed by atoms with van der Waals surface area (Å²) in [6, 6.07) is 3.29. The molecule has 7 nitrogen and oxygen atoms in total. The molecule has 9 heteroatoms. The molecule has 0 radical (unpaired) electrons.